The fourth-order valence-electron chi connectivity index (χ4n) is 1.58. The van der Waals surface area contributed by atoms with Crippen LogP contribution in [0.25, 0.3) is 0 Å². The van der Waals surface area contributed by atoms with Crippen LogP contribution in [-0.2, 0) is 13.5 Å². The quantitative estimate of drug-likeness (QED) is 0.847. The topological polar surface area (TPSA) is 42.7 Å². The van der Waals surface area contributed by atoms with E-state index in [1.165, 1.54) is 5.56 Å². The fraction of sp³-hybridized carbons (Fsp3) is 0.333. The molecule has 0 radical (unpaired) electrons. The first-order valence-corrected chi connectivity index (χ1v) is 5.39. The third-order valence-corrected chi connectivity index (χ3v) is 2.37. The summed E-state index contributed by atoms with van der Waals surface area (Å²) < 4.78 is 1.82. The lowest BCUT2D eigenvalue weighted by atomic mass is 10.2. The van der Waals surface area contributed by atoms with E-state index in [9.17, 15) is 0 Å². The summed E-state index contributed by atoms with van der Waals surface area (Å²) in [7, 11) is 1.93. The van der Waals surface area contributed by atoms with E-state index in [-0.39, 0.29) is 0 Å². The number of hydrogen-bond donors (Lipinski definition) is 1. The highest BCUT2D eigenvalue weighted by atomic mass is 15.2. The van der Waals surface area contributed by atoms with Crippen LogP contribution in [0.3, 0.4) is 0 Å². The third-order valence-electron chi connectivity index (χ3n) is 2.37. The van der Waals surface area contributed by atoms with Gasteiger partial charge in [0.15, 0.2) is 0 Å². The maximum Gasteiger partial charge on any atom is 0.126 e. The van der Waals surface area contributed by atoms with Crippen LogP contribution in [0.1, 0.15) is 11.3 Å². The molecule has 4 nitrogen and oxygen atoms in total. The molecule has 0 aliphatic heterocycles. The molecule has 2 heterocycles. The summed E-state index contributed by atoms with van der Waals surface area (Å²) in [5.41, 5.74) is 2.27. The van der Waals surface area contributed by atoms with E-state index in [0.29, 0.717) is 0 Å². The highest BCUT2D eigenvalue weighted by Crippen LogP contribution is 2.04. The van der Waals surface area contributed by atoms with E-state index in [2.05, 4.69) is 15.4 Å². The highest BCUT2D eigenvalue weighted by Gasteiger charge is 1.97. The van der Waals surface area contributed by atoms with Crippen LogP contribution in [-0.4, -0.2) is 21.3 Å². The summed E-state index contributed by atoms with van der Waals surface area (Å²) in [6, 6.07) is 5.98. The van der Waals surface area contributed by atoms with Gasteiger partial charge in [0.1, 0.15) is 5.82 Å². The van der Waals surface area contributed by atoms with Crippen molar-refractivity contribution in [2.75, 3.05) is 11.9 Å². The largest absolute Gasteiger partial charge is 0.370 e. The summed E-state index contributed by atoms with van der Waals surface area (Å²) in [4.78, 5) is 4.38. The molecule has 16 heavy (non-hydrogen) atoms. The molecule has 0 unspecified atom stereocenters. The predicted octanol–water partition coefficient (Wildman–Crippen LogP) is 1.78. The van der Waals surface area contributed by atoms with Gasteiger partial charge >= 0.3 is 0 Å². The Labute approximate surface area is 95.3 Å². The highest BCUT2D eigenvalue weighted by molar-refractivity contribution is 5.35. The Morgan fingerprint density at radius 2 is 2.25 bits per heavy atom. The van der Waals surface area contributed by atoms with E-state index in [1.807, 2.05) is 49.2 Å². The lowest BCUT2D eigenvalue weighted by Crippen LogP contribution is -2.06. The van der Waals surface area contributed by atoms with Gasteiger partial charge in [-0.15, -0.1) is 0 Å². The minimum Gasteiger partial charge on any atom is -0.370 e. The van der Waals surface area contributed by atoms with Crippen molar-refractivity contribution in [1.82, 2.24) is 14.8 Å². The van der Waals surface area contributed by atoms with Crippen LogP contribution in [0.2, 0.25) is 0 Å². The van der Waals surface area contributed by atoms with Gasteiger partial charge in [-0.3, -0.25) is 4.68 Å². The molecular formula is C12H16N4. The van der Waals surface area contributed by atoms with Gasteiger partial charge in [-0.2, -0.15) is 5.10 Å². The molecule has 0 atom stereocenters. The van der Waals surface area contributed by atoms with Gasteiger partial charge in [0.05, 0.1) is 6.20 Å². The van der Waals surface area contributed by atoms with Gasteiger partial charge in [0, 0.05) is 25.5 Å². The first-order valence-electron chi connectivity index (χ1n) is 5.39. The number of anilines is 1. The van der Waals surface area contributed by atoms with Crippen molar-refractivity contribution in [3.63, 3.8) is 0 Å². The normalized spacial score (nSPS) is 10.4. The van der Waals surface area contributed by atoms with Gasteiger partial charge in [0.25, 0.3) is 0 Å². The number of aryl methyl sites for hydroxylation is 2. The average Bonchev–Trinajstić information content (AvgIpc) is 2.64. The summed E-state index contributed by atoms with van der Waals surface area (Å²) in [5.74, 6) is 0.934. The molecule has 0 saturated heterocycles. The van der Waals surface area contributed by atoms with E-state index in [4.69, 9.17) is 0 Å². The fourth-order valence-corrected chi connectivity index (χ4v) is 1.58. The van der Waals surface area contributed by atoms with E-state index in [1.54, 1.807) is 0 Å². The summed E-state index contributed by atoms with van der Waals surface area (Å²) >= 11 is 0. The standard InChI is InChI=1S/C12H16N4/c1-10-4-3-5-12(15-10)13-7-6-11-8-14-16(2)9-11/h3-5,8-9H,6-7H2,1-2H3,(H,13,15). The second kappa shape index (κ2) is 4.79. The van der Waals surface area contributed by atoms with Crippen molar-refractivity contribution >= 4 is 5.82 Å². The smallest absolute Gasteiger partial charge is 0.126 e. The molecule has 0 amide bonds. The van der Waals surface area contributed by atoms with Crippen molar-refractivity contribution in [3.05, 3.63) is 41.9 Å². The predicted molar refractivity (Wildman–Crippen MR) is 64.4 cm³/mol. The number of aromatic nitrogens is 3. The summed E-state index contributed by atoms with van der Waals surface area (Å²) in [6.07, 6.45) is 4.89. The van der Waals surface area contributed by atoms with Gasteiger partial charge < -0.3 is 5.32 Å². The Hall–Kier alpha value is -1.84. The van der Waals surface area contributed by atoms with Gasteiger partial charge in [-0.1, -0.05) is 6.07 Å². The second-order valence-electron chi connectivity index (χ2n) is 3.86. The monoisotopic (exact) mass is 216 g/mol. The molecule has 0 fully saturated rings. The van der Waals surface area contributed by atoms with Crippen LogP contribution in [0, 0.1) is 6.92 Å². The molecule has 0 saturated carbocycles. The Bertz CT molecular complexity index is 462. The van der Waals surface area contributed by atoms with E-state index < -0.39 is 0 Å². The zero-order valence-electron chi connectivity index (χ0n) is 9.64. The molecule has 0 spiro atoms. The Kier molecular flexibility index (Phi) is 3.19. The van der Waals surface area contributed by atoms with Crippen molar-refractivity contribution in [1.29, 1.82) is 0 Å². The Morgan fingerprint density at radius 3 is 2.94 bits per heavy atom. The number of nitrogens with one attached hydrogen (secondary N) is 1. The number of rotatable bonds is 4. The molecule has 0 bridgehead atoms. The van der Waals surface area contributed by atoms with E-state index in [0.717, 1.165) is 24.5 Å². The third kappa shape index (κ3) is 2.82. The zero-order chi connectivity index (χ0) is 11.4. The number of nitrogens with zero attached hydrogens (tertiary/aromatic N) is 3. The van der Waals surface area contributed by atoms with Gasteiger partial charge in [-0.05, 0) is 31.0 Å². The second-order valence-corrected chi connectivity index (χ2v) is 3.86. The lowest BCUT2D eigenvalue weighted by molar-refractivity contribution is 0.767. The molecule has 2 rings (SSSR count). The lowest BCUT2D eigenvalue weighted by Gasteiger charge is -2.04. The van der Waals surface area contributed by atoms with Crippen LogP contribution < -0.4 is 5.32 Å². The molecule has 1 N–H and O–H groups in total. The number of pyridine rings is 1. The van der Waals surface area contributed by atoms with Gasteiger partial charge in [-0.25, -0.2) is 4.98 Å². The van der Waals surface area contributed by atoms with E-state index >= 15 is 0 Å². The first kappa shape index (κ1) is 10.7. The molecule has 2 aromatic rings. The molecule has 84 valence electrons. The molecule has 2 aromatic heterocycles. The Morgan fingerprint density at radius 1 is 1.38 bits per heavy atom. The van der Waals surface area contributed by atoms with Crippen LogP contribution in [0.15, 0.2) is 30.6 Å². The summed E-state index contributed by atoms with van der Waals surface area (Å²) in [5, 5.41) is 7.42. The van der Waals surface area contributed by atoms with Crippen molar-refractivity contribution in [3.8, 4) is 0 Å². The molecule has 0 aliphatic rings. The first-order chi connectivity index (χ1) is 7.74. The molecular weight excluding hydrogens is 200 g/mol. The molecule has 0 aliphatic carbocycles. The Balaban J connectivity index is 1.84. The molecule has 4 heteroatoms. The maximum atomic E-state index is 4.38. The van der Waals surface area contributed by atoms with Crippen LogP contribution in [0.4, 0.5) is 5.82 Å². The maximum absolute atomic E-state index is 4.38. The van der Waals surface area contributed by atoms with Crippen LogP contribution in [0.5, 0.6) is 0 Å². The minimum atomic E-state index is 0.877. The van der Waals surface area contributed by atoms with Crippen molar-refractivity contribution in [2.24, 2.45) is 7.05 Å². The van der Waals surface area contributed by atoms with Crippen molar-refractivity contribution in [2.45, 2.75) is 13.3 Å². The van der Waals surface area contributed by atoms with Crippen LogP contribution >= 0.6 is 0 Å². The van der Waals surface area contributed by atoms with Crippen molar-refractivity contribution < 1.29 is 0 Å². The van der Waals surface area contributed by atoms with Gasteiger partial charge in [0.2, 0.25) is 0 Å². The minimum absolute atomic E-state index is 0.877. The SMILES string of the molecule is Cc1cccc(NCCc2cnn(C)c2)n1. The zero-order valence-corrected chi connectivity index (χ0v) is 9.64. The average molecular weight is 216 g/mol. The summed E-state index contributed by atoms with van der Waals surface area (Å²) in [6.45, 7) is 2.87. The number of hydrogen-bond acceptors (Lipinski definition) is 3. The molecule has 0 aromatic carbocycles.